The van der Waals surface area contributed by atoms with E-state index in [2.05, 4.69) is 10.3 Å². The Labute approximate surface area is 169 Å². The van der Waals surface area contributed by atoms with Gasteiger partial charge in [0.05, 0.1) is 17.1 Å². The molecule has 3 aromatic rings. The van der Waals surface area contributed by atoms with E-state index in [0.29, 0.717) is 26.3 Å². The molecule has 138 valence electrons. The number of carboxylic acids is 1. The molecular formula is C19H14Cl2N2O3S. The topological polar surface area (TPSA) is 79.3 Å². The van der Waals surface area contributed by atoms with E-state index < -0.39 is 17.9 Å². The van der Waals surface area contributed by atoms with Crippen LogP contribution in [-0.4, -0.2) is 22.0 Å². The first kappa shape index (κ1) is 19.4. The number of carbonyl (C=O) groups is 2. The fourth-order valence-electron chi connectivity index (χ4n) is 2.48. The molecule has 0 saturated carbocycles. The molecule has 2 aromatic carbocycles. The number of aromatic nitrogens is 1. The number of carbonyl (C=O) groups excluding carboxylic acids is 1. The van der Waals surface area contributed by atoms with Crippen molar-refractivity contribution in [3.8, 4) is 10.6 Å². The number of nitrogens with one attached hydrogen (secondary N) is 1. The van der Waals surface area contributed by atoms with Crippen LogP contribution in [0.5, 0.6) is 0 Å². The summed E-state index contributed by atoms with van der Waals surface area (Å²) >= 11 is 13.4. The van der Waals surface area contributed by atoms with E-state index >= 15 is 0 Å². The summed E-state index contributed by atoms with van der Waals surface area (Å²) in [5.74, 6) is -1.55. The second kappa shape index (κ2) is 8.52. The first-order chi connectivity index (χ1) is 12.9. The standard InChI is InChI=1S/C19H14Cl2N2O3S/c20-12-6-7-14(15(21)8-12)18-22-13(10-27-18)9-16(24)23-17(19(25)26)11-4-2-1-3-5-11/h1-8,10,17H,9H2,(H,23,24)(H,25,26). The molecule has 1 amide bonds. The summed E-state index contributed by atoms with van der Waals surface area (Å²) in [6.07, 6.45) is -0.0294. The SMILES string of the molecule is O=C(Cc1csc(-c2ccc(Cl)cc2Cl)n1)NC(C(=O)O)c1ccccc1. The van der Waals surface area contributed by atoms with Gasteiger partial charge in [-0.15, -0.1) is 11.3 Å². The predicted octanol–water partition coefficient (Wildman–Crippen LogP) is 4.60. The Morgan fingerprint density at radius 3 is 2.56 bits per heavy atom. The highest BCUT2D eigenvalue weighted by Gasteiger charge is 2.22. The average molecular weight is 421 g/mol. The molecule has 1 aromatic heterocycles. The maximum absolute atomic E-state index is 12.3. The van der Waals surface area contributed by atoms with Crippen LogP contribution < -0.4 is 5.32 Å². The molecule has 0 radical (unpaired) electrons. The molecule has 27 heavy (non-hydrogen) atoms. The second-order valence-electron chi connectivity index (χ2n) is 5.69. The van der Waals surface area contributed by atoms with Gasteiger partial charge < -0.3 is 10.4 Å². The summed E-state index contributed by atoms with van der Waals surface area (Å²) < 4.78 is 0. The van der Waals surface area contributed by atoms with E-state index in [9.17, 15) is 14.7 Å². The van der Waals surface area contributed by atoms with E-state index in [4.69, 9.17) is 23.2 Å². The number of rotatable bonds is 6. The van der Waals surface area contributed by atoms with Crippen LogP contribution in [-0.2, 0) is 16.0 Å². The molecule has 0 saturated heterocycles. The highest BCUT2D eigenvalue weighted by Crippen LogP contribution is 2.32. The molecule has 0 spiro atoms. The van der Waals surface area contributed by atoms with Crippen LogP contribution in [0.1, 0.15) is 17.3 Å². The molecule has 0 fully saturated rings. The van der Waals surface area contributed by atoms with Gasteiger partial charge in [-0.05, 0) is 23.8 Å². The Bertz CT molecular complexity index is 976. The molecule has 3 rings (SSSR count). The number of nitrogens with zero attached hydrogens (tertiary/aromatic N) is 1. The molecule has 0 aliphatic rings. The number of halogens is 2. The van der Waals surface area contributed by atoms with Crippen LogP contribution in [0.4, 0.5) is 0 Å². The number of amides is 1. The Kier molecular flexibility index (Phi) is 6.11. The van der Waals surface area contributed by atoms with E-state index in [1.807, 2.05) is 0 Å². The summed E-state index contributed by atoms with van der Waals surface area (Å²) in [5.41, 5.74) is 1.77. The van der Waals surface area contributed by atoms with Gasteiger partial charge in [-0.25, -0.2) is 9.78 Å². The van der Waals surface area contributed by atoms with Crippen molar-refractivity contribution < 1.29 is 14.7 Å². The van der Waals surface area contributed by atoms with Crippen molar-refractivity contribution in [2.24, 2.45) is 0 Å². The summed E-state index contributed by atoms with van der Waals surface area (Å²) in [4.78, 5) is 28.2. The van der Waals surface area contributed by atoms with Gasteiger partial charge in [-0.1, -0.05) is 53.5 Å². The molecular weight excluding hydrogens is 407 g/mol. The fourth-order valence-corrected chi connectivity index (χ4v) is 3.90. The molecule has 0 aliphatic heterocycles. The number of aliphatic carboxylic acids is 1. The maximum Gasteiger partial charge on any atom is 0.330 e. The van der Waals surface area contributed by atoms with Crippen LogP contribution in [0.3, 0.4) is 0 Å². The van der Waals surface area contributed by atoms with Gasteiger partial charge in [-0.2, -0.15) is 0 Å². The van der Waals surface area contributed by atoms with Crippen LogP contribution in [0.25, 0.3) is 10.6 Å². The van der Waals surface area contributed by atoms with Gasteiger partial charge >= 0.3 is 5.97 Å². The zero-order valence-electron chi connectivity index (χ0n) is 13.9. The summed E-state index contributed by atoms with van der Waals surface area (Å²) in [6.45, 7) is 0. The molecule has 1 unspecified atom stereocenters. The molecule has 2 N–H and O–H groups in total. The Hall–Kier alpha value is -2.41. The smallest absolute Gasteiger partial charge is 0.330 e. The summed E-state index contributed by atoms with van der Waals surface area (Å²) in [6, 6.07) is 12.5. The first-order valence-electron chi connectivity index (χ1n) is 7.91. The highest BCUT2D eigenvalue weighted by atomic mass is 35.5. The third kappa shape index (κ3) is 4.86. The van der Waals surface area contributed by atoms with Crippen molar-refractivity contribution in [2.45, 2.75) is 12.5 Å². The lowest BCUT2D eigenvalue weighted by molar-refractivity contribution is -0.142. The Morgan fingerprint density at radius 2 is 1.89 bits per heavy atom. The second-order valence-corrected chi connectivity index (χ2v) is 7.40. The quantitative estimate of drug-likeness (QED) is 0.610. The van der Waals surface area contributed by atoms with Gasteiger partial charge in [0.1, 0.15) is 5.01 Å². The van der Waals surface area contributed by atoms with Gasteiger partial charge in [0.15, 0.2) is 6.04 Å². The van der Waals surface area contributed by atoms with Crippen molar-refractivity contribution in [2.75, 3.05) is 0 Å². The molecule has 8 heteroatoms. The fraction of sp³-hybridized carbons (Fsp3) is 0.105. The van der Waals surface area contributed by atoms with Crippen molar-refractivity contribution in [3.63, 3.8) is 0 Å². The third-order valence-corrected chi connectivity index (χ3v) is 5.21. The first-order valence-corrected chi connectivity index (χ1v) is 9.54. The number of thiazole rings is 1. The summed E-state index contributed by atoms with van der Waals surface area (Å²) in [7, 11) is 0. The molecule has 5 nitrogen and oxygen atoms in total. The number of hydrogen-bond donors (Lipinski definition) is 2. The van der Waals surface area contributed by atoms with Crippen molar-refractivity contribution in [1.82, 2.24) is 10.3 Å². The third-order valence-electron chi connectivity index (χ3n) is 3.74. The molecule has 0 aliphatic carbocycles. The maximum atomic E-state index is 12.3. The van der Waals surface area contributed by atoms with Gasteiger partial charge in [-0.3, -0.25) is 4.79 Å². The minimum atomic E-state index is -1.12. The zero-order valence-corrected chi connectivity index (χ0v) is 16.2. The van der Waals surface area contributed by atoms with Crippen LogP contribution >= 0.6 is 34.5 Å². The number of benzene rings is 2. The van der Waals surface area contributed by atoms with Crippen molar-refractivity contribution in [1.29, 1.82) is 0 Å². The Morgan fingerprint density at radius 1 is 1.15 bits per heavy atom. The highest BCUT2D eigenvalue weighted by molar-refractivity contribution is 7.13. The van der Waals surface area contributed by atoms with Gasteiger partial charge in [0, 0.05) is 16.0 Å². The van der Waals surface area contributed by atoms with Crippen LogP contribution in [0.2, 0.25) is 10.0 Å². The van der Waals surface area contributed by atoms with Crippen molar-refractivity contribution in [3.05, 3.63) is 75.2 Å². The number of hydrogen-bond acceptors (Lipinski definition) is 4. The molecule has 0 bridgehead atoms. The predicted molar refractivity (Wildman–Crippen MR) is 106 cm³/mol. The van der Waals surface area contributed by atoms with Gasteiger partial charge in [0.2, 0.25) is 5.91 Å². The van der Waals surface area contributed by atoms with Crippen LogP contribution in [0.15, 0.2) is 53.9 Å². The average Bonchev–Trinajstić information content (AvgIpc) is 3.08. The monoisotopic (exact) mass is 420 g/mol. The lowest BCUT2D eigenvalue weighted by atomic mass is 10.1. The lowest BCUT2D eigenvalue weighted by Crippen LogP contribution is -2.34. The van der Waals surface area contributed by atoms with Crippen molar-refractivity contribution >= 4 is 46.4 Å². The zero-order chi connectivity index (χ0) is 19.4. The van der Waals surface area contributed by atoms with E-state index in [-0.39, 0.29) is 6.42 Å². The normalized spacial score (nSPS) is 11.8. The van der Waals surface area contributed by atoms with E-state index in [0.717, 1.165) is 5.56 Å². The lowest BCUT2D eigenvalue weighted by Gasteiger charge is -2.14. The van der Waals surface area contributed by atoms with Crippen LogP contribution in [0, 0.1) is 0 Å². The van der Waals surface area contributed by atoms with E-state index in [1.165, 1.54) is 11.3 Å². The minimum absolute atomic E-state index is 0.0294. The summed E-state index contributed by atoms with van der Waals surface area (Å²) in [5, 5.41) is 15.3. The Balaban J connectivity index is 1.71. The van der Waals surface area contributed by atoms with Gasteiger partial charge in [0.25, 0.3) is 0 Å². The van der Waals surface area contributed by atoms with E-state index in [1.54, 1.807) is 53.9 Å². The number of carboxylic acid groups (broad SMARTS) is 1. The molecule has 1 heterocycles. The minimum Gasteiger partial charge on any atom is -0.479 e. The largest absolute Gasteiger partial charge is 0.479 e. The molecule has 1 atom stereocenters.